The minimum absolute atomic E-state index is 0.00233. The lowest BCUT2D eigenvalue weighted by Crippen LogP contribution is -2.50. The van der Waals surface area contributed by atoms with Gasteiger partial charge in [-0.05, 0) is 43.6 Å². The van der Waals surface area contributed by atoms with Crippen molar-refractivity contribution in [1.82, 2.24) is 15.1 Å². The topological polar surface area (TPSA) is 87.9 Å². The van der Waals surface area contributed by atoms with E-state index in [1.54, 1.807) is 4.90 Å². The summed E-state index contributed by atoms with van der Waals surface area (Å²) in [7, 11) is 1.52. The summed E-state index contributed by atoms with van der Waals surface area (Å²) in [4.78, 5) is 30.3. The van der Waals surface area contributed by atoms with Gasteiger partial charge in [0.2, 0.25) is 11.8 Å². The third-order valence-electron chi connectivity index (χ3n) is 6.63. The monoisotopic (exact) mass is 444 g/mol. The van der Waals surface area contributed by atoms with Crippen LogP contribution in [0.4, 0.5) is 0 Å². The van der Waals surface area contributed by atoms with Gasteiger partial charge in [0.25, 0.3) is 0 Å². The van der Waals surface area contributed by atoms with Crippen molar-refractivity contribution in [3.8, 4) is 0 Å². The molecule has 0 radical (unpaired) electrons. The first-order valence-corrected chi connectivity index (χ1v) is 12.0. The molecular weight excluding hydrogens is 404 g/mol. The molecule has 1 aliphatic heterocycles. The molecule has 2 amide bonds. The minimum atomic E-state index is -0.455. The van der Waals surface area contributed by atoms with E-state index in [4.69, 9.17) is 10.5 Å². The van der Waals surface area contributed by atoms with Crippen molar-refractivity contribution in [1.29, 1.82) is 0 Å². The van der Waals surface area contributed by atoms with Crippen molar-refractivity contribution < 1.29 is 14.3 Å². The van der Waals surface area contributed by atoms with E-state index in [0.717, 1.165) is 38.8 Å². The maximum atomic E-state index is 13.3. The van der Waals surface area contributed by atoms with Crippen LogP contribution in [0.2, 0.25) is 0 Å². The third kappa shape index (κ3) is 6.77. The first kappa shape index (κ1) is 24.7. The van der Waals surface area contributed by atoms with Gasteiger partial charge in [0.05, 0.1) is 0 Å². The number of ether oxygens (including phenoxy) is 1. The molecule has 2 atom stereocenters. The maximum Gasteiger partial charge on any atom is 0.249 e. The average molecular weight is 445 g/mol. The van der Waals surface area contributed by atoms with E-state index in [1.807, 2.05) is 6.07 Å². The normalized spacial score (nSPS) is 26.0. The molecule has 32 heavy (non-hydrogen) atoms. The quantitative estimate of drug-likeness (QED) is 0.609. The molecule has 1 heterocycles. The summed E-state index contributed by atoms with van der Waals surface area (Å²) in [6.45, 7) is 6.69. The summed E-state index contributed by atoms with van der Waals surface area (Å²) in [6.07, 6.45) is 4.33. The molecule has 178 valence electrons. The number of nitrogens with one attached hydrogen (secondary N) is 1. The van der Waals surface area contributed by atoms with Crippen LogP contribution in [0.5, 0.6) is 0 Å². The van der Waals surface area contributed by atoms with Gasteiger partial charge in [-0.1, -0.05) is 44.2 Å². The van der Waals surface area contributed by atoms with Crippen molar-refractivity contribution >= 4 is 11.8 Å². The van der Waals surface area contributed by atoms with Crippen LogP contribution in [0.3, 0.4) is 0 Å². The first-order chi connectivity index (χ1) is 15.4. The van der Waals surface area contributed by atoms with E-state index >= 15 is 0 Å². The van der Waals surface area contributed by atoms with Gasteiger partial charge in [-0.2, -0.15) is 0 Å². The van der Waals surface area contributed by atoms with E-state index in [0.29, 0.717) is 18.9 Å². The molecule has 2 fully saturated rings. The number of benzene rings is 1. The number of carbonyl (C=O) groups is 2. The lowest BCUT2D eigenvalue weighted by atomic mass is 9.91. The lowest BCUT2D eigenvalue weighted by molar-refractivity contribution is -0.141. The molecule has 1 aliphatic carbocycles. The predicted molar refractivity (Wildman–Crippen MR) is 126 cm³/mol. The smallest absolute Gasteiger partial charge is 0.249 e. The van der Waals surface area contributed by atoms with Crippen molar-refractivity contribution in [3.05, 3.63) is 35.9 Å². The Morgan fingerprint density at radius 1 is 1.19 bits per heavy atom. The van der Waals surface area contributed by atoms with Gasteiger partial charge in [-0.25, -0.2) is 0 Å². The van der Waals surface area contributed by atoms with Crippen molar-refractivity contribution in [3.63, 3.8) is 0 Å². The summed E-state index contributed by atoms with van der Waals surface area (Å²) < 4.78 is 5.11. The number of methoxy groups -OCH3 is 1. The van der Waals surface area contributed by atoms with Crippen LogP contribution in [-0.4, -0.2) is 72.6 Å². The van der Waals surface area contributed by atoms with E-state index in [1.165, 1.54) is 12.7 Å². The SMILES string of the molecule is COCC(=O)N1CC(N(Cc2ccccc2)CC(C)C)CC1C(=O)NC1CCC(N)CC1. The van der Waals surface area contributed by atoms with Crippen LogP contribution < -0.4 is 11.1 Å². The number of rotatable bonds is 9. The molecule has 2 aliphatic rings. The van der Waals surface area contributed by atoms with E-state index < -0.39 is 6.04 Å². The Morgan fingerprint density at radius 3 is 2.50 bits per heavy atom. The van der Waals surface area contributed by atoms with Crippen LogP contribution >= 0.6 is 0 Å². The fourth-order valence-corrected chi connectivity index (χ4v) is 5.00. The minimum Gasteiger partial charge on any atom is -0.375 e. The van der Waals surface area contributed by atoms with Gasteiger partial charge in [0.15, 0.2) is 0 Å². The van der Waals surface area contributed by atoms with Crippen molar-refractivity contribution in [2.45, 2.75) is 76.7 Å². The molecule has 0 aromatic heterocycles. The first-order valence-electron chi connectivity index (χ1n) is 12.0. The zero-order valence-corrected chi connectivity index (χ0v) is 19.8. The van der Waals surface area contributed by atoms with Crippen LogP contribution in [0, 0.1) is 5.92 Å². The van der Waals surface area contributed by atoms with Crippen molar-refractivity contribution in [2.24, 2.45) is 11.7 Å². The Labute approximate surface area is 192 Å². The fraction of sp³-hybridized carbons (Fsp3) is 0.680. The highest BCUT2D eigenvalue weighted by atomic mass is 16.5. The number of nitrogens with zero attached hydrogens (tertiary/aromatic N) is 2. The number of nitrogens with two attached hydrogens (primary N) is 1. The van der Waals surface area contributed by atoms with Gasteiger partial charge in [-0.3, -0.25) is 14.5 Å². The van der Waals surface area contributed by atoms with Crippen molar-refractivity contribution in [2.75, 3.05) is 26.8 Å². The largest absolute Gasteiger partial charge is 0.375 e. The predicted octanol–water partition coefficient (Wildman–Crippen LogP) is 2.15. The van der Waals surface area contributed by atoms with E-state index in [2.05, 4.69) is 48.3 Å². The Morgan fingerprint density at radius 2 is 1.88 bits per heavy atom. The van der Waals surface area contributed by atoms with Gasteiger partial charge in [0.1, 0.15) is 12.6 Å². The molecule has 7 nitrogen and oxygen atoms in total. The van der Waals surface area contributed by atoms with Gasteiger partial charge >= 0.3 is 0 Å². The average Bonchev–Trinajstić information content (AvgIpc) is 3.21. The molecule has 3 N–H and O–H groups in total. The second kappa shape index (κ2) is 11.8. The number of likely N-dealkylation sites (tertiary alicyclic amines) is 1. The Kier molecular flexibility index (Phi) is 9.08. The maximum absolute atomic E-state index is 13.3. The summed E-state index contributed by atoms with van der Waals surface area (Å²) in [5.41, 5.74) is 7.26. The molecule has 1 aromatic carbocycles. The zero-order valence-electron chi connectivity index (χ0n) is 19.8. The number of carbonyl (C=O) groups excluding carboxylic acids is 2. The van der Waals surface area contributed by atoms with E-state index in [-0.39, 0.29) is 36.5 Å². The second-order valence-corrected chi connectivity index (χ2v) is 9.81. The Balaban J connectivity index is 1.73. The molecule has 0 bridgehead atoms. The highest BCUT2D eigenvalue weighted by Gasteiger charge is 2.42. The summed E-state index contributed by atoms with van der Waals surface area (Å²) in [5.74, 6) is 0.327. The number of amides is 2. The summed E-state index contributed by atoms with van der Waals surface area (Å²) in [5, 5.41) is 3.21. The molecule has 7 heteroatoms. The van der Waals surface area contributed by atoms with Crippen LogP contribution in [0.25, 0.3) is 0 Å². The number of hydrogen-bond acceptors (Lipinski definition) is 5. The summed E-state index contributed by atoms with van der Waals surface area (Å²) >= 11 is 0. The third-order valence-corrected chi connectivity index (χ3v) is 6.63. The Hall–Kier alpha value is -1.96. The summed E-state index contributed by atoms with van der Waals surface area (Å²) in [6, 6.07) is 10.5. The standard InChI is InChI=1S/C25H40N4O3/c1-18(2)14-28(15-19-7-5-4-6-8-19)22-13-23(29(16-22)24(30)17-32-3)25(31)27-21-11-9-20(26)10-12-21/h4-8,18,20-23H,9-17,26H2,1-3H3,(H,27,31). The number of hydrogen-bond donors (Lipinski definition) is 2. The molecule has 1 saturated carbocycles. The fourth-order valence-electron chi connectivity index (χ4n) is 5.00. The molecule has 1 saturated heterocycles. The molecule has 1 aromatic rings. The van der Waals surface area contributed by atoms with E-state index in [9.17, 15) is 9.59 Å². The zero-order chi connectivity index (χ0) is 23.1. The highest BCUT2D eigenvalue weighted by molar-refractivity contribution is 5.89. The molecule has 2 unspecified atom stereocenters. The molecular formula is C25H40N4O3. The lowest BCUT2D eigenvalue weighted by Gasteiger charge is -2.30. The van der Waals surface area contributed by atoms with Crippen LogP contribution in [-0.2, 0) is 20.9 Å². The van der Waals surface area contributed by atoms with Crippen LogP contribution in [0.15, 0.2) is 30.3 Å². The van der Waals surface area contributed by atoms with Gasteiger partial charge in [0, 0.05) is 44.9 Å². The highest BCUT2D eigenvalue weighted by Crippen LogP contribution is 2.26. The molecule has 3 rings (SSSR count). The second-order valence-electron chi connectivity index (χ2n) is 9.81. The van der Waals surface area contributed by atoms with Gasteiger partial charge < -0.3 is 20.7 Å². The Bertz CT molecular complexity index is 734. The van der Waals surface area contributed by atoms with Gasteiger partial charge in [-0.15, -0.1) is 0 Å². The molecule has 0 spiro atoms. The van der Waals surface area contributed by atoms with Crippen LogP contribution in [0.1, 0.15) is 51.5 Å².